The number of likely N-dealkylation sites (N-methyl/N-ethyl adjacent to an activating group) is 2. The van der Waals surface area contributed by atoms with E-state index in [0.29, 0.717) is 5.92 Å². The highest BCUT2D eigenvalue weighted by molar-refractivity contribution is 5.86. The third kappa shape index (κ3) is 3.19. The van der Waals surface area contributed by atoms with E-state index in [4.69, 9.17) is 5.73 Å². The van der Waals surface area contributed by atoms with E-state index in [1.54, 1.807) is 4.90 Å². The second kappa shape index (κ2) is 5.64. The Kier molecular flexibility index (Phi) is 4.74. The Hall–Kier alpha value is -0.610. The summed E-state index contributed by atoms with van der Waals surface area (Å²) >= 11 is 0. The van der Waals surface area contributed by atoms with E-state index in [1.165, 1.54) is 6.42 Å². The zero-order valence-electron chi connectivity index (χ0n) is 10.8. The van der Waals surface area contributed by atoms with Crippen LogP contribution in [-0.4, -0.2) is 43.5 Å². The van der Waals surface area contributed by atoms with Crippen molar-refractivity contribution >= 4 is 5.91 Å². The Balaban J connectivity index is 2.56. The predicted octanol–water partition coefficient (Wildman–Crippen LogP) is 0.572. The van der Waals surface area contributed by atoms with Crippen LogP contribution < -0.4 is 11.1 Å². The van der Waals surface area contributed by atoms with Gasteiger partial charge in [-0.15, -0.1) is 0 Å². The number of hydrogen-bond donors (Lipinski definition) is 2. The van der Waals surface area contributed by atoms with E-state index >= 15 is 0 Å². The largest absolute Gasteiger partial charge is 0.343 e. The van der Waals surface area contributed by atoms with Gasteiger partial charge in [0.1, 0.15) is 0 Å². The molecule has 0 radical (unpaired) electrons. The van der Waals surface area contributed by atoms with E-state index < -0.39 is 5.54 Å². The van der Waals surface area contributed by atoms with Crippen molar-refractivity contribution in [1.29, 1.82) is 0 Å². The lowest BCUT2D eigenvalue weighted by Crippen LogP contribution is -2.57. The van der Waals surface area contributed by atoms with Crippen molar-refractivity contribution in [2.45, 2.75) is 38.1 Å². The minimum atomic E-state index is -0.611. The molecule has 0 bridgehead atoms. The van der Waals surface area contributed by atoms with Crippen LogP contribution in [0.4, 0.5) is 0 Å². The molecule has 94 valence electrons. The van der Waals surface area contributed by atoms with Gasteiger partial charge >= 0.3 is 0 Å². The van der Waals surface area contributed by atoms with Gasteiger partial charge in [0, 0.05) is 20.1 Å². The molecule has 0 heterocycles. The predicted molar refractivity (Wildman–Crippen MR) is 66.1 cm³/mol. The van der Waals surface area contributed by atoms with Crippen LogP contribution in [0.2, 0.25) is 0 Å². The van der Waals surface area contributed by atoms with Crippen LogP contribution >= 0.6 is 0 Å². The Labute approximate surface area is 98.6 Å². The van der Waals surface area contributed by atoms with Crippen LogP contribution in [0, 0.1) is 5.92 Å². The summed E-state index contributed by atoms with van der Waals surface area (Å²) in [4.78, 5) is 14.0. The third-order valence-electron chi connectivity index (χ3n) is 3.50. The minimum Gasteiger partial charge on any atom is -0.343 e. The van der Waals surface area contributed by atoms with E-state index in [9.17, 15) is 4.79 Å². The summed E-state index contributed by atoms with van der Waals surface area (Å²) in [6.07, 6.45) is 3.94. The summed E-state index contributed by atoms with van der Waals surface area (Å²) in [7, 11) is 3.73. The molecular formula is C12H25N3O. The number of hydrogen-bond acceptors (Lipinski definition) is 3. The Morgan fingerprint density at radius 2 is 2.31 bits per heavy atom. The Morgan fingerprint density at radius 1 is 1.62 bits per heavy atom. The molecular weight excluding hydrogens is 202 g/mol. The molecule has 0 aliphatic heterocycles. The molecule has 0 saturated heterocycles. The summed E-state index contributed by atoms with van der Waals surface area (Å²) in [5, 5.41) is 3.04. The molecule has 1 aliphatic rings. The molecule has 1 aliphatic carbocycles. The molecule has 1 amide bonds. The maximum atomic E-state index is 12.2. The fourth-order valence-corrected chi connectivity index (χ4v) is 2.55. The quantitative estimate of drug-likeness (QED) is 0.738. The van der Waals surface area contributed by atoms with Gasteiger partial charge in [-0.05, 0) is 25.8 Å². The monoisotopic (exact) mass is 227 g/mol. The van der Waals surface area contributed by atoms with Crippen molar-refractivity contribution in [2.24, 2.45) is 11.7 Å². The van der Waals surface area contributed by atoms with Crippen LogP contribution in [0.5, 0.6) is 0 Å². The average molecular weight is 227 g/mol. The van der Waals surface area contributed by atoms with Gasteiger partial charge < -0.3 is 16.0 Å². The fraction of sp³-hybridized carbons (Fsp3) is 0.917. The summed E-state index contributed by atoms with van der Waals surface area (Å²) in [6, 6.07) is 0. The first-order chi connectivity index (χ1) is 7.49. The minimum absolute atomic E-state index is 0.106. The lowest BCUT2D eigenvalue weighted by atomic mass is 9.76. The normalized spacial score (nSPS) is 30.1. The number of nitrogens with one attached hydrogen (secondary N) is 1. The van der Waals surface area contributed by atoms with Crippen molar-refractivity contribution in [3.8, 4) is 0 Å². The molecule has 1 fully saturated rings. The van der Waals surface area contributed by atoms with Gasteiger partial charge in [0.15, 0.2) is 0 Å². The zero-order valence-corrected chi connectivity index (χ0v) is 10.8. The van der Waals surface area contributed by atoms with Crippen LogP contribution in [0.1, 0.15) is 32.6 Å². The standard InChI is InChI=1S/C12H25N3O/c1-10-5-4-6-12(13,9-10)11(16)15(3)8-7-14-2/h10,14H,4-9,13H2,1-3H3. The maximum absolute atomic E-state index is 12.2. The number of nitrogens with zero attached hydrogens (tertiary/aromatic N) is 1. The molecule has 0 aromatic heterocycles. The highest BCUT2D eigenvalue weighted by Gasteiger charge is 2.39. The van der Waals surface area contributed by atoms with Gasteiger partial charge in [-0.2, -0.15) is 0 Å². The SMILES string of the molecule is CNCCN(C)C(=O)C1(N)CCCC(C)C1. The second-order valence-corrected chi connectivity index (χ2v) is 5.19. The molecule has 2 atom stereocenters. The lowest BCUT2D eigenvalue weighted by molar-refractivity contribution is -0.137. The molecule has 0 aromatic carbocycles. The molecule has 2 unspecified atom stereocenters. The van der Waals surface area contributed by atoms with Crippen molar-refractivity contribution in [1.82, 2.24) is 10.2 Å². The molecule has 4 heteroatoms. The van der Waals surface area contributed by atoms with Gasteiger partial charge in [0.25, 0.3) is 0 Å². The summed E-state index contributed by atoms with van der Waals surface area (Å²) in [6.45, 7) is 3.72. The Bertz CT molecular complexity index is 244. The van der Waals surface area contributed by atoms with Crippen molar-refractivity contribution in [3.05, 3.63) is 0 Å². The van der Waals surface area contributed by atoms with Gasteiger partial charge in [0.05, 0.1) is 5.54 Å². The number of amides is 1. The smallest absolute Gasteiger partial charge is 0.242 e. The van der Waals surface area contributed by atoms with Crippen LogP contribution in [0.15, 0.2) is 0 Å². The average Bonchev–Trinajstić information content (AvgIpc) is 2.24. The number of carbonyl (C=O) groups is 1. The molecule has 0 spiro atoms. The third-order valence-corrected chi connectivity index (χ3v) is 3.50. The summed E-state index contributed by atoms with van der Waals surface area (Å²) in [5.74, 6) is 0.676. The molecule has 1 rings (SSSR count). The number of rotatable bonds is 4. The topological polar surface area (TPSA) is 58.4 Å². The van der Waals surface area contributed by atoms with Crippen molar-refractivity contribution in [3.63, 3.8) is 0 Å². The van der Waals surface area contributed by atoms with Gasteiger partial charge in [-0.1, -0.05) is 19.8 Å². The van der Waals surface area contributed by atoms with E-state index in [0.717, 1.165) is 32.4 Å². The molecule has 4 nitrogen and oxygen atoms in total. The first-order valence-electron chi connectivity index (χ1n) is 6.18. The number of carbonyl (C=O) groups excluding carboxylic acids is 1. The van der Waals surface area contributed by atoms with Gasteiger partial charge in [-0.25, -0.2) is 0 Å². The van der Waals surface area contributed by atoms with Crippen molar-refractivity contribution in [2.75, 3.05) is 27.2 Å². The zero-order chi connectivity index (χ0) is 12.2. The van der Waals surface area contributed by atoms with Gasteiger partial charge in [0.2, 0.25) is 5.91 Å². The molecule has 1 saturated carbocycles. The first kappa shape index (κ1) is 13.5. The number of nitrogens with two attached hydrogens (primary N) is 1. The molecule has 0 aromatic rings. The highest BCUT2D eigenvalue weighted by atomic mass is 16.2. The summed E-state index contributed by atoms with van der Waals surface area (Å²) < 4.78 is 0. The van der Waals surface area contributed by atoms with E-state index in [2.05, 4.69) is 12.2 Å². The highest BCUT2D eigenvalue weighted by Crippen LogP contribution is 2.31. The van der Waals surface area contributed by atoms with Crippen LogP contribution in [0.25, 0.3) is 0 Å². The first-order valence-corrected chi connectivity index (χ1v) is 6.18. The molecule has 16 heavy (non-hydrogen) atoms. The fourth-order valence-electron chi connectivity index (χ4n) is 2.55. The maximum Gasteiger partial charge on any atom is 0.242 e. The van der Waals surface area contributed by atoms with E-state index in [-0.39, 0.29) is 5.91 Å². The molecule has 3 N–H and O–H groups in total. The van der Waals surface area contributed by atoms with Crippen LogP contribution in [0.3, 0.4) is 0 Å². The van der Waals surface area contributed by atoms with Crippen molar-refractivity contribution < 1.29 is 4.79 Å². The van der Waals surface area contributed by atoms with E-state index in [1.807, 2.05) is 14.1 Å². The van der Waals surface area contributed by atoms with Gasteiger partial charge in [-0.3, -0.25) is 4.79 Å². The lowest BCUT2D eigenvalue weighted by Gasteiger charge is -2.38. The van der Waals surface area contributed by atoms with Crippen LogP contribution in [-0.2, 0) is 4.79 Å². The summed E-state index contributed by atoms with van der Waals surface area (Å²) in [5.41, 5.74) is 5.64. The Morgan fingerprint density at radius 3 is 2.88 bits per heavy atom. The second-order valence-electron chi connectivity index (χ2n) is 5.19.